The van der Waals surface area contributed by atoms with Gasteiger partial charge in [-0.15, -0.1) is 0 Å². The number of hydrogen-bond acceptors (Lipinski definition) is 4. The number of anilines is 1. The number of hydrogen-bond donors (Lipinski definition) is 0. The normalized spacial score (nSPS) is 21.7. The fourth-order valence-corrected chi connectivity index (χ4v) is 5.33. The zero-order chi connectivity index (χ0) is 16.3. The molecular weight excluding hydrogens is 312 g/mol. The second-order valence-electron chi connectivity index (χ2n) is 6.87. The highest BCUT2D eigenvalue weighted by Crippen LogP contribution is 2.27. The maximum atomic E-state index is 12.6. The van der Waals surface area contributed by atoms with E-state index < -0.39 is 10.0 Å². The molecule has 1 aromatic rings. The molecule has 1 aliphatic carbocycles. The average Bonchev–Trinajstić information content (AvgIpc) is 3.01. The Morgan fingerprint density at radius 3 is 2.43 bits per heavy atom. The Hall–Kier alpha value is -1.08. The Bertz CT molecular complexity index is 599. The Morgan fingerprint density at radius 2 is 1.83 bits per heavy atom. The van der Waals surface area contributed by atoms with Gasteiger partial charge in [-0.05, 0) is 12.3 Å². The number of aryl methyl sites for hydroxylation is 1. The number of sulfonamides is 1. The van der Waals surface area contributed by atoms with Crippen LogP contribution < -0.4 is 4.90 Å². The summed E-state index contributed by atoms with van der Waals surface area (Å²) in [5, 5.41) is 4.18. The molecule has 0 unspecified atom stereocenters. The van der Waals surface area contributed by atoms with Gasteiger partial charge in [0.2, 0.25) is 10.0 Å². The van der Waals surface area contributed by atoms with E-state index in [1.165, 1.54) is 32.1 Å². The molecule has 1 aromatic heterocycles. The molecule has 2 fully saturated rings. The fourth-order valence-electron chi connectivity index (χ4n) is 3.72. The zero-order valence-corrected chi connectivity index (χ0v) is 14.8. The van der Waals surface area contributed by atoms with Crippen molar-refractivity contribution >= 4 is 15.7 Å². The third-order valence-electron chi connectivity index (χ3n) is 5.20. The molecule has 0 bridgehead atoms. The van der Waals surface area contributed by atoms with Crippen LogP contribution in [0, 0.1) is 5.92 Å². The summed E-state index contributed by atoms with van der Waals surface area (Å²) in [6.45, 7) is 2.66. The maximum absolute atomic E-state index is 12.6. The summed E-state index contributed by atoms with van der Waals surface area (Å²) in [4.78, 5) is 2.21. The van der Waals surface area contributed by atoms with Crippen LogP contribution in [0.4, 0.5) is 5.69 Å². The molecule has 130 valence electrons. The summed E-state index contributed by atoms with van der Waals surface area (Å²) in [5.41, 5.74) is 1.08. The molecule has 0 spiro atoms. The lowest BCUT2D eigenvalue weighted by molar-refractivity contribution is 0.342. The van der Waals surface area contributed by atoms with E-state index in [9.17, 15) is 8.42 Å². The number of aromatic nitrogens is 2. The van der Waals surface area contributed by atoms with Crippen molar-refractivity contribution in [2.45, 2.75) is 38.5 Å². The van der Waals surface area contributed by atoms with E-state index in [1.54, 1.807) is 8.99 Å². The lowest BCUT2D eigenvalue weighted by atomic mass is 9.88. The molecule has 23 heavy (non-hydrogen) atoms. The van der Waals surface area contributed by atoms with E-state index in [1.807, 2.05) is 19.4 Å². The summed E-state index contributed by atoms with van der Waals surface area (Å²) >= 11 is 0. The summed E-state index contributed by atoms with van der Waals surface area (Å²) in [7, 11) is -1.20. The lowest BCUT2D eigenvalue weighted by Gasteiger charge is -2.35. The van der Waals surface area contributed by atoms with Crippen LogP contribution >= 0.6 is 0 Å². The Morgan fingerprint density at radius 1 is 1.13 bits per heavy atom. The monoisotopic (exact) mass is 340 g/mol. The van der Waals surface area contributed by atoms with Gasteiger partial charge in [0.15, 0.2) is 0 Å². The first-order valence-electron chi connectivity index (χ1n) is 8.76. The molecule has 1 aliphatic heterocycles. The Kier molecular flexibility index (Phi) is 5.26. The number of nitrogens with zero attached hydrogens (tertiary/aromatic N) is 4. The highest BCUT2D eigenvalue weighted by Gasteiger charge is 2.28. The minimum atomic E-state index is -3.10. The van der Waals surface area contributed by atoms with Crippen LogP contribution in [0.15, 0.2) is 12.4 Å². The van der Waals surface area contributed by atoms with Crippen molar-refractivity contribution in [3.8, 4) is 0 Å². The van der Waals surface area contributed by atoms with Crippen molar-refractivity contribution in [1.82, 2.24) is 14.1 Å². The van der Waals surface area contributed by atoms with Crippen molar-refractivity contribution in [2.75, 3.05) is 36.8 Å². The van der Waals surface area contributed by atoms with Crippen LogP contribution in [0.25, 0.3) is 0 Å². The molecule has 2 aliphatic rings. The number of piperazine rings is 1. The quantitative estimate of drug-likeness (QED) is 0.821. The minimum absolute atomic E-state index is 0.324. The Labute approximate surface area is 139 Å². The van der Waals surface area contributed by atoms with E-state index in [0.717, 1.165) is 25.2 Å². The summed E-state index contributed by atoms with van der Waals surface area (Å²) in [5.74, 6) is 0.945. The van der Waals surface area contributed by atoms with E-state index in [0.29, 0.717) is 24.8 Å². The standard InChI is InChI=1S/C16H28N4O2S/c1-18-14-16(13-17-18)19-8-10-20(11-9-19)23(21,22)12-7-15-5-3-2-4-6-15/h13-15H,2-12H2,1H3. The first-order chi connectivity index (χ1) is 11.0. The van der Waals surface area contributed by atoms with Crippen LogP contribution in [0.3, 0.4) is 0 Å². The largest absolute Gasteiger partial charge is 0.366 e. The average molecular weight is 340 g/mol. The summed E-state index contributed by atoms with van der Waals surface area (Å²) < 4.78 is 28.6. The van der Waals surface area contributed by atoms with Crippen molar-refractivity contribution < 1.29 is 8.42 Å². The second kappa shape index (κ2) is 7.21. The van der Waals surface area contributed by atoms with Crippen LogP contribution in [0.1, 0.15) is 38.5 Å². The third-order valence-corrected chi connectivity index (χ3v) is 7.10. The predicted octanol–water partition coefficient (Wildman–Crippen LogP) is 1.84. The number of rotatable bonds is 5. The van der Waals surface area contributed by atoms with Gasteiger partial charge in [-0.3, -0.25) is 4.68 Å². The van der Waals surface area contributed by atoms with Gasteiger partial charge in [0.25, 0.3) is 0 Å². The van der Waals surface area contributed by atoms with Crippen LogP contribution in [-0.2, 0) is 17.1 Å². The predicted molar refractivity (Wildman–Crippen MR) is 92.0 cm³/mol. The molecule has 7 heteroatoms. The van der Waals surface area contributed by atoms with E-state index in [-0.39, 0.29) is 0 Å². The maximum Gasteiger partial charge on any atom is 0.214 e. The Balaban J connectivity index is 1.49. The van der Waals surface area contributed by atoms with Crippen LogP contribution in [0.2, 0.25) is 0 Å². The SMILES string of the molecule is Cn1cc(N2CCN(S(=O)(=O)CCC3CCCCC3)CC2)cn1. The van der Waals surface area contributed by atoms with Crippen LogP contribution in [-0.4, -0.2) is 54.4 Å². The lowest BCUT2D eigenvalue weighted by Crippen LogP contribution is -2.49. The molecule has 2 heterocycles. The second-order valence-corrected chi connectivity index (χ2v) is 8.96. The van der Waals surface area contributed by atoms with Crippen LogP contribution in [0.5, 0.6) is 0 Å². The molecule has 0 amide bonds. The van der Waals surface area contributed by atoms with Gasteiger partial charge in [-0.25, -0.2) is 8.42 Å². The van der Waals surface area contributed by atoms with Gasteiger partial charge in [0, 0.05) is 39.4 Å². The molecule has 0 aromatic carbocycles. The third kappa shape index (κ3) is 4.26. The molecule has 1 saturated carbocycles. The van der Waals surface area contributed by atoms with E-state index in [4.69, 9.17) is 0 Å². The first-order valence-corrected chi connectivity index (χ1v) is 10.4. The first kappa shape index (κ1) is 16.8. The highest BCUT2D eigenvalue weighted by atomic mass is 32.2. The molecule has 6 nitrogen and oxygen atoms in total. The van der Waals surface area contributed by atoms with Gasteiger partial charge in [0.1, 0.15) is 0 Å². The van der Waals surface area contributed by atoms with Gasteiger partial charge < -0.3 is 4.90 Å². The van der Waals surface area contributed by atoms with Crippen molar-refractivity contribution in [2.24, 2.45) is 13.0 Å². The van der Waals surface area contributed by atoms with Gasteiger partial charge in [-0.2, -0.15) is 9.40 Å². The summed E-state index contributed by atoms with van der Waals surface area (Å²) in [6.07, 6.45) is 10.9. The smallest absolute Gasteiger partial charge is 0.214 e. The van der Waals surface area contributed by atoms with Gasteiger partial charge in [0.05, 0.1) is 17.6 Å². The van der Waals surface area contributed by atoms with Gasteiger partial charge >= 0.3 is 0 Å². The highest BCUT2D eigenvalue weighted by molar-refractivity contribution is 7.89. The molecule has 0 N–H and O–H groups in total. The molecule has 3 rings (SSSR count). The molecule has 0 radical (unpaired) electrons. The van der Waals surface area contributed by atoms with E-state index in [2.05, 4.69) is 10.00 Å². The van der Waals surface area contributed by atoms with E-state index >= 15 is 0 Å². The molecule has 1 saturated heterocycles. The topological polar surface area (TPSA) is 58.4 Å². The molecular formula is C16H28N4O2S. The van der Waals surface area contributed by atoms with Gasteiger partial charge in [-0.1, -0.05) is 32.1 Å². The fraction of sp³-hybridized carbons (Fsp3) is 0.812. The zero-order valence-electron chi connectivity index (χ0n) is 14.0. The van der Waals surface area contributed by atoms with Crippen molar-refractivity contribution in [3.63, 3.8) is 0 Å². The summed E-state index contributed by atoms with van der Waals surface area (Å²) in [6, 6.07) is 0. The minimum Gasteiger partial charge on any atom is -0.366 e. The molecule has 0 atom stereocenters. The van der Waals surface area contributed by atoms with Crippen molar-refractivity contribution in [3.05, 3.63) is 12.4 Å². The van der Waals surface area contributed by atoms with Crippen molar-refractivity contribution in [1.29, 1.82) is 0 Å².